The van der Waals surface area contributed by atoms with Gasteiger partial charge >= 0.3 is 0 Å². The predicted molar refractivity (Wildman–Crippen MR) is 79.6 cm³/mol. The van der Waals surface area contributed by atoms with Crippen LogP contribution in [-0.2, 0) is 5.41 Å². The fourth-order valence-corrected chi connectivity index (χ4v) is 2.90. The van der Waals surface area contributed by atoms with Gasteiger partial charge in [0.15, 0.2) is 0 Å². The van der Waals surface area contributed by atoms with Crippen molar-refractivity contribution < 1.29 is 8.78 Å². The summed E-state index contributed by atoms with van der Waals surface area (Å²) >= 11 is 6.32. The number of pyridine rings is 1. The molecule has 1 saturated carbocycles. The number of rotatable bonds is 4. The lowest BCUT2D eigenvalue weighted by Crippen LogP contribution is -2.21. The summed E-state index contributed by atoms with van der Waals surface area (Å²) in [5.74, 6) is 0. The van der Waals surface area contributed by atoms with Gasteiger partial charge < -0.3 is 5.73 Å². The van der Waals surface area contributed by atoms with E-state index in [1.807, 2.05) is 0 Å². The summed E-state index contributed by atoms with van der Waals surface area (Å²) in [4.78, 5) is 4.43. The molecule has 0 aliphatic heterocycles. The number of nitrogens with two attached hydrogens (primary N) is 1. The smallest absolute Gasteiger partial charge is 0.263 e. The third-order valence-electron chi connectivity index (χ3n) is 4.06. The first-order valence-corrected chi connectivity index (χ1v) is 7.18. The van der Waals surface area contributed by atoms with Crippen LogP contribution in [0.5, 0.6) is 0 Å². The third-order valence-corrected chi connectivity index (χ3v) is 4.35. The highest BCUT2D eigenvalue weighted by molar-refractivity contribution is 6.31. The maximum atomic E-state index is 12.8. The van der Waals surface area contributed by atoms with Gasteiger partial charge in [-0.25, -0.2) is 8.78 Å². The lowest BCUT2D eigenvalue weighted by atomic mass is 9.99. The molecular formula is C16H15ClF2N2. The molecule has 0 amide bonds. The van der Waals surface area contributed by atoms with Gasteiger partial charge in [0.05, 0.1) is 10.7 Å². The molecule has 0 spiro atoms. The number of hydrogen-bond donors (Lipinski definition) is 1. The normalized spacial score (nSPS) is 16.2. The number of nitrogens with zero attached hydrogens (tertiary/aromatic N) is 1. The molecule has 1 aliphatic rings. The molecule has 0 atom stereocenters. The lowest BCUT2D eigenvalue weighted by Gasteiger charge is -2.14. The zero-order valence-electron chi connectivity index (χ0n) is 11.3. The van der Waals surface area contributed by atoms with E-state index in [1.165, 1.54) is 12.1 Å². The zero-order valence-corrected chi connectivity index (χ0v) is 12.1. The van der Waals surface area contributed by atoms with Crippen molar-refractivity contribution in [1.82, 2.24) is 4.98 Å². The first-order chi connectivity index (χ1) is 10.1. The van der Waals surface area contributed by atoms with Gasteiger partial charge in [-0.15, -0.1) is 0 Å². The van der Waals surface area contributed by atoms with E-state index in [0.717, 1.165) is 24.1 Å². The molecule has 0 radical (unpaired) electrons. The largest absolute Gasteiger partial charge is 0.330 e. The lowest BCUT2D eigenvalue weighted by molar-refractivity contribution is 0.151. The minimum absolute atomic E-state index is 0.00618. The van der Waals surface area contributed by atoms with E-state index in [-0.39, 0.29) is 11.0 Å². The Hall–Kier alpha value is -1.52. The first kappa shape index (κ1) is 14.4. The summed E-state index contributed by atoms with van der Waals surface area (Å²) in [5, 5.41) is 0.554. The second-order valence-electron chi connectivity index (χ2n) is 5.47. The second kappa shape index (κ2) is 5.35. The first-order valence-electron chi connectivity index (χ1n) is 6.80. The van der Waals surface area contributed by atoms with Crippen LogP contribution in [0.25, 0.3) is 11.1 Å². The third kappa shape index (κ3) is 2.65. The molecule has 1 aromatic heterocycles. The molecule has 21 heavy (non-hydrogen) atoms. The molecule has 1 fully saturated rings. The molecular weight excluding hydrogens is 294 g/mol. The highest BCUT2D eigenvalue weighted by Gasteiger charge is 2.45. The van der Waals surface area contributed by atoms with Crippen molar-refractivity contribution in [2.75, 3.05) is 6.54 Å². The molecule has 1 heterocycles. The van der Waals surface area contributed by atoms with E-state index in [9.17, 15) is 8.78 Å². The van der Waals surface area contributed by atoms with E-state index in [0.29, 0.717) is 17.1 Å². The average Bonchev–Trinajstić information content (AvgIpc) is 3.28. The molecule has 3 rings (SSSR count). The van der Waals surface area contributed by atoms with Crippen LogP contribution < -0.4 is 5.73 Å². The molecule has 0 saturated heterocycles. The van der Waals surface area contributed by atoms with Crippen molar-refractivity contribution >= 4 is 11.6 Å². The topological polar surface area (TPSA) is 38.9 Å². The number of aromatic nitrogens is 1. The summed E-state index contributed by atoms with van der Waals surface area (Å²) in [6.07, 6.45) is 1.19. The van der Waals surface area contributed by atoms with Gasteiger partial charge in [-0.05, 0) is 30.5 Å². The van der Waals surface area contributed by atoms with E-state index < -0.39 is 6.43 Å². The molecule has 0 unspecified atom stereocenters. The van der Waals surface area contributed by atoms with Crippen LogP contribution in [0.4, 0.5) is 8.78 Å². The number of halogens is 3. The molecule has 110 valence electrons. The number of benzene rings is 1. The molecule has 2 aromatic rings. The van der Waals surface area contributed by atoms with Gasteiger partial charge in [-0.3, -0.25) is 4.98 Å². The van der Waals surface area contributed by atoms with E-state index in [1.54, 1.807) is 24.4 Å². The van der Waals surface area contributed by atoms with Crippen LogP contribution in [0.1, 0.15) is 30.5 Å². The summed E-state index contributed by atoms with van der Waals surface area (Å²) in [7, 11) is 0. The molecule has 1 aliphatic carbocycles. The Labute approximate surface area is 127 Å². The average molecular weight is 309 g/mol. The van der Waals surface area contributed by atoms with Crippen molar-refractivity contribution in [3.63, 3.8) is 0 Å². The van der Waals surface area contributed by atoms with E-state index >= 15 is 0 Å². The van der Waals surface area contributed by atoms with Crippen molar-refractivity contribution in [2.45, 2.75) is 24.7 Å². The van der Waals surface area contributed by atoms with Gasteiger partial charge in [-0.2, -0.15) is 0 Å². The highest BCUT2D eigenvalue weighted by Crippen LogP contribution is 2.49. The predicted octanol–water partition coefficient (Wildman–Crippen LogP) is 4.33. The molecule has 1 aromatic carbocycles. The monoisotopic (exact) mass is 308 g/mol. The quantitative estimate of drug-likeness (QED) is 0.913. The minimum Gasteiger partial charge on any atom is -0.330 e. The number of alkyl halides is 2. The molecule has 0 bridgehead atoms. The minimum atomic E-state index is -2.49. The Kier molecular flexibility index (Phi) is 3.68. The van der Waals surface area contributed by atoms with Gasteiger partial charge in [-0.1, -0.05) is 29.8 Å². The number of hydrogen-bond acceptors (Lipinski definition) is 2. The Morgan fingerprint density at radius 2 is 2.00 bits per heavy atom. The molecule has 2 nitrogen and oxygen atoms in total. The van der Waals surface area contributed by atoms with Crippen LogP contribution >= 0.6 is 11.6 Å². The Morgan fingerprint density at radius 1 is 1.24 bits per heavy atom. The summed E-state index contributed by atoms with van der Waals surface area (Å²) < 4.78 is 25.5. The van der Waals surface area contributed by atoms with Gasteiger partial charge in [0.25, 0.3) is 6.43 Å². The van der Waals surface area contributed by atoms with Crippen LogP contribution in [0.3, 0.4) is 0 Å². The van der Waals surface area contributed by atoms with Crippen molar-refractivity contribution in [1.29, 1.82) is 0 Å². The summed E-state index contributed by atoms with van der Waals surface area (Å²) in [6, 6.07) is 8.04. The van der Waals surface area contributed by atoms with Crippen molar-refractivity contribution in [2.24, 2.45) is 5.73 Å². The Morgan fingerprint density at radius 3 is 2.57 bits per heavy atom. The van der Waals surface area contributed by atoms with Crippen LogP contribution in [0.2, 0.25) is 5.02 Å². The fraction of sp³-hybridized carbons (Fsp3) is 0.312. The standard InChI is InChI=1S/C16H15ClF2N2/c17-13-7-12(8-21-14(13)16(9-20)4-5-16)10-2-1-3-11(6-10)15(18)19/h1-3,6-8,15H,4-5,9,20H2. The van der Waals surface area contributed by atoms with Gasteiger partial charge in [0, 0.05) is 29.3 Å². The summed E-state index contributed by atoms with van der Waals surface area (Å²) in [6.45, 7) is 0.528. The molecule has 2 N–H and O–H groups in total. The van der Waals surface area contributed by atoms with E-state index in [2.05, 4.69) is 4.98 Å². The zero-order chi connectivity index (χ0) is 15.0. The molecule has 5 heteroatoms. The Bertz CT molecular complexity index is 669. The SMILES string of the molecule is NCC1(c2ncc(-c3cccc(C(F)F)c3)cc2Cl)CC1. The van der Waals surface area contributed by atoms with Gasteiger partial charge in [0.2, 0.25) is 0 Å². The van der Waals surface area contributed by atoms with Crippen LogP contribution in [0.15, 0.2) is 36.5 Å². The Balaban J connectivity index is 1.97. The van der Waals surface area contributed by atoms with Crippen molar-refractivity contribution in [3.05, 3.63) is 52.8 Å². The second-order valence-corrected chi connectivity index (χ2v) is 5.87. The van der Waals surface area contributed by atoms with Gasteiger partial charge in [0.1, 0.15) is 0 Å². The fourth-order valence-electron chi connectivity index (χ4n) is 2.53. The van der Waals surface area contributed by atoms with Crippen molar-refractivity contribution in [3.8, 4) is 11.1 Å². The maximum Gasteiger partial charge on any atom is 0.263 e. The highest BCUT2D eigenvalue weighted by atomic mass is 35.5. The van der Waals surface area contributed by atoms with Crippen LogP contribution in [-0.4, -0.2) is 11.5 Å². The van der Waals surface area contributed by atoms with E-state index in [4.69, 9.17) is 17.3 Å². The van der Waals surface area contributed by atoms with Crippen LogP contribution in [0, 0.1) is 0 Å². The summed E-state index contributed by atoms with van der Waals surface area (Å²) in [5.41, 5.74) is 7.94. The maximum absolute atomic E-state index is 12.8.